The molecular weight excluding hydrogens is 372 g/mol. The van der Waals surface area contributed by atoms with Crippen LogP contribution in [0, 0.1) is 0 Å². The van der Waals surface area contributed by atoms with Gasteiger partial charge < -0.3 is 13.7 Å². The molecule has 28 heavy (non-hydrogen) atoms. The number of fused-ring (bicyclic) bond motifs is 2. The predicted octanol–water partition coefficient (Wildman–Crippen LogP) is 4.64. The topological polar surface area (TPSA) is 57.3 Å². The second-order valence-electron chi connectivity index (χ2n) is 6.59. The first-order valence-corrected chi connectivity index (χ1v) is 10.3. The number of hydrogen-bond acceptors (Lipinski definition) is 5. The molecule has 0 atom stereocenters. The molecule has 0 amide bonds. The van der Waals surface area contributed by atoms with Crippen LogP contribution >= 0.6 is 11.8 Å². The molecule has 144 valence electrons. The van der Waals surface area contributed by atoms with E-state index in [2.05, 4.69) is 23.6 Å². The van der Waals surface area contributed by atoms with E-state index in [0.717, 1.165) is 45.7 Å². The van der Waals surface area contributed by atoms with Gasteiger partial charge in [-0.1, -0.05) is 43.0 Å². The summed E-state index contributed by atoms with van der Waals surface area (Å²) in [6.07, 6.45) is 0.905. The molecule has 0 aliphatic heterocycles. The normalized spacial score (nSPS) is 11.5. The Labute approximate surface area is 167 Å². The summed E-state index contributed by atoms with van der Waals surface area (Å²) in [6.45, 7) is 3.44. The van der Waals surface area contributed by atoms with E-state index in [0.29, 0.717) is 17.9 Å². The van der Waals surface area contributed by atoms with E-state index in [4.69, 9.17) is 14.1 Å². The maximum Gasteiger partial charge on any atom is 0.336 e. The Bertz CT molecular complexity index is 1180. The standard InChI is InChI=1S/C22H22N2O3S/c1-3-15-8-9-17-16(13-21(25)27-20(17)12-15)14-28-22-23-18-6-4-5-7-19(18)24(22)10-11-26-2/h4-9,12-13H,3,10-11,14H2,1-2H3. The fourth-order valence-corrected chi connectivity index (χ4v) is 4.35. The third-order valence-corrected chi connectivity index (χ3v) is 5.82. The minimum atomic E-state index is -0.316. The smallest absolute Gasteiger partial charge is 0.336 e. The number of hydrogen-bond donors (Lipinski definition) is 0. The Kier molecular flexibility index (Phi) is 5.50. The fourth-order valence-electron chi connectivity index (χ4n) is 3.32. The van der Waals surface area contributed by atoms with Crippen molar-refractivity contribution < 1.29 is 9.15 Å². The Hall–Kier alpha value is -2.57. The lowest BCUT2D eigenvalue weighted by Gasteiger charge is -2.09. The lowest BCUT2D eigenvalue weighted by Crippen LogP contribution is -2.06. The highest BCUT2D eigenvalue weighted by molar-refractivity contribution is 7.98. The number of methoxy groups -OCH3 is 1. The van der Waals surface area contributed by atoms with Crippen LogP contribution in [0.15, 0.2) is 62.9 Å². The van der Waals surface area contributed by atoms with Crippen molar-refractivity contribution in [3.63, 3.8) is 0 Å². The summed E-state index contributed by atoms with van der Waals surface area (Å²) in [5.41, 5.74) is 4.50. The molecule has 0 fully saturated rings. The summed E-state index contributed by atoms with van der Waals surface area (Å²) in [6, 6.07) is 15.8. The van der Waals surface area contributed by atoms with Crippen LogP contribution in [-0.2, 0) is 23.5 Å². The van der Waals surface area contributed by atoms with E-state index in [9.17, 15) is 4.79 Å². The second-order valence-corrected chi connectivity index (χ2v) is 7.53. The molecule has 0 unspecified atom stereocenters. The maximum absolute atomic E-state index is 12.1. The monoisotopic (exact) mass is 394 g/mol. The molecule has 4 rings (SSSR count). The molecule has 0 saturated carbocycles. The van der Waals surface area contributed by atoms with E-state index in [-0.39, 0.29) is 5.63 Å². The van der Waals surface area contributed by atoms with Crippen LogP contribution in [0.1, 0.15) is 18.1 Å². The number of aryl methyl sites for hydroxylation is 1. The van der Waals surface area contributed by atoms with Crippen molar-refractivity contribution in [3.05, 3.63) is 70.1 Å². The number of imidazole rings is 1. The van der Waals surface area contributed by atoms with Gasteiger partial charge in [-0.25, -0.2) is 9.78 Å². The van der Waals surface area contributed by atoms with Crippen LogP contribution in [0.4, 0.5) is 0 Å². The van der Waals surface area contributed by atoms with E-state index >= 15 is 0 Å². The molecule has 5 nitrogen and oxygen atoms in total. The van der Waals surface area contributed by atoms with Crippen LogP contribution in [0.5, 0.6) is 0 Å². The summed E-state index contributed by atoms with van der Waals surface area (Å²) >= 11 is 1.63. The molecule has 0 aliphatic rings. The number of nitrogens with zero attached hydrogens (tertiary/aromatic N) is 2. The summed E-state index contributed by atoms with van der Waals surface area (Å²) in [5, 5.41) is 1.90. The third kappa shape index (κ3) is 3.70. The molecule has 0 bridgehead atoms. The van der Waals surface area contributed by atoms with Crippen LogP contribution in [-0.4, -0.2) is 23.3 Å². The highest BCUT2D eigenvalue weighted by Gasteiger charge is 2.13. The number of benzene rings is 2. The van der Waals surface area contributed by atoms with Gasteiger partial charge in [0.05, 0.1) is 17.6 Å². The number of rotatable bonds is 7. The Morgan fingerprint density at radius 1 is 1.18 bits per heavy atom. The summed E-state index contributed by atoms with van der Waals surface area (Å²) in [4.78, 5) is 16.8. The van der Waals surface area contributed by atoms with Crippen molar-refractivity contribution in [1.82, 2.24) is 9.55 Å². The van der Waals surface area contributed by atoms with Crippen molar-refractivity contribution in [2.75, 3.05) is 13.7 Å². The average Bonchev–Trinajstić information content (AvgIpc) is 3.07. The Morgan fingerprint density at radius 2 is 2.04 bits per heavy atom. The van der Waals surface area contributed by atoms with Crippen molar-refractivity contribution in [1.29, 1.82) is 0 Å². The van der Waals surface area contributed by atoms with Crippen LogP contribution < -0.4 is 5.63 Å². The Balaban J connectivity index is 1.69. The molecule has 2 aromatic heterocycles. The van der Waals surface area contributed by atoms with E-state index in [1.165, 1.54) is 0 Å². The van der Waals surface area contributed by atoms with Gasteiger partial charge in [-0.05, 0) is 35.7 Å². The second kappa shape index (κ2) is 8.20. The molecule has 2 aromatic carbocycles. The van der Waals surface area contributed by atoms with E-state index < -0.39 is 0 Å². The lowest BCUT2D eigenvalue weighted by atomic mass is 10.1. The zero-order valence-electron chi connectivity index (χ0n) is 16.0. The van der Waals surface area contributed by atoms with Crippen molar-refractivity contribution >= 4 is 33.8 Å². The molecule has 0 radical (unpaired) electrons. The fraction of sp³-hybridized carbons (Fsp3) is 0.273. The van der Waals surface area contributed by atoms with Gasteiger partial charge in [-0.3, -0.25) is 0 Å². The van der Waals surface area contributed by atoms with Crippen molar-refractivity contribution in [2.45, 2.75) is 30.8 Å². The minimum Gasteiger partial charge on any atom is -0.423 e. The quantitative estimate of drug-likeness (QED) is 0.337. The maximum atomic E-state index is 12.1. The molecule has 2 heterocycles. The molecular formula is C22H22N2O3S. The molecule has 0 spiro atoms. The van der Waals surface area contributed by atoms with Gasteiger partial charge in [0.25, 0.3) is 0 Å². The number of ether oxygens (including phenoxy) is 1. The highest BCUT2D eigenvalue weighted by atomic mass is 32.2. The van der Waals surface area contributed by atoms with Crippen molar-refractivity contribution in [2.24, 2.45) is 0 Å². The molecule has 6 heteroatoms. The number of para-hydroxylation sites is 2. The van der Waals surface area contributed by atoms with Crippen LogP contribution in [0.2, 0.25) is 0 Å². The highest BCUT2D eigenvalue weighted by Crippen LogP contribution is 2.29. The van der Waals surface area contributed by atoms with Gasteiger partial charge in [0.1, 0.15) is 5.58 Å². The summed E-state index contributed by atoms with van der Waals surface area (Å²) in [7, 11) is 1.70. The first-order chi connectivity index (χ1) is 13.7. The van der Waals surface area contributed by atoms with Gasteiger partial charge in [-0.2, -0.15) is 0 Å². The predicted molar refractivity (Wildman–Crippen MR) is 113 cm³/mol. The SMILES string of the molecule is CCc1ccc2c(CSc3nc4ccccc4n3CCOC)cc(=O)oc2c1. The largest absolute Gasteiger partial charge is 0.423 e. The third-order valence-electron chi connectivity index (χ3n) is 4.80. The minimum absolute atomic E-state index is 0.316. The Morgan fingerprint density at radius 3 is 2.86 bits per heavy atom. The molecule has 4 aromatic rings. The lowest BCUT2D eigenvalue weighted by molar-refractivity contribution is 0.186. The van der Waals surface area contributed by atoms with Crippen molar-refractivity contribution in [3.8, 4) is 0 Å². The summed E-state index contributed by atoms with van der Waals surface area (Å²) < 4.78 is 12.9. The van der Waals surface area contributed by atoms with E-state index in [1.54, 1.807) is 24.9 Å². The van der Waals surface area contributed by atoms with Gasteiger partial charge in [-0.15, -0.1) is 0 Å². The van der Waals surface area contributed by atoms with Gasteiger partial charge >= 0.3 is 5.63 Å². The first kappa shape index (κ1) is 18.8. The van der Waals surface area contributed by atoms with Crippen LogP contribution in [0.3, 0.4) is 0 Å². The molecule has 0 saturated heterocycles. The zero-order valence-corrected chi connectivity index (χ0v) is 16.8. The number of aromatic nitrogens is 2. The van der Waals surface area contributed by atoms with E-state index in [1.807, 2.05) is 30.3 Å². The van der Waals surface area contributed by atoms with Gasteiger partial charge in [0, 0.05) is 30.9 Å². The molecule has 0 aliphatic carbocycles. The van der Waals surface area contributed by atoms with Gasteiger partial charge in [0.2, 0.25) is 0 Å². The number of thioether (sulfide) groups is 1. The van der Waals surface area contributed by atoms with Gasteiger partial charge in [0.15, 0.2) is 5.16 Å². The zero-order chi connectivity index (χ0) is 19.5. The molecule has 0 N–H and O–H groups in total. The summed E-state index contributed by atoms with van der Waals surface area (Å²) in [5.74, 6) is 0.643. The first-order valence-electron chi connectivity index (χ1n) is 9.32. The van der Waals surface area contributed by atoms with Crippen LogP contribution in [0.25, 0.3) is 22.0 Å². The average molecular weight is 394 g/mol.